The van der Waals surface area contributed by atoms with E-state index in [2.05, 4.69) is 25.5 Å². The predicted molar refractivity (Wildman–Crippen MR) is 105 cm³/mol. The van der Waals surface area contributed by atoms with Crippen molar-refractivity contribution in [1.82, 2.24) is 24.5 Å². The summed E-state index contributed by atoms with van der Waals surface area (Å²) < 4.78 is 120. The third-order valence-corrected chi connectivity index (χ3v) is 5.60. The highest BCUT2D eigenvalue weighted by Gasteiger charge is 2.36. The molecule has 0 radical (unpaired) electrons. The lowest BCUT2D eigenvalue weighted by Crippen LogP contribution is -2.42. The largest absolute Gasteiger partial charge is 0.415 e. The fraction of sp³-hybridized carbons (Fsp3) is 0.333. The van der Waals surface area contributed by atoms with E-state index in [1.165, 1.54) is 0 Å². The number of sulfonamides is 1. The lowest BCUT2D eigenvalue weighted by molar-refractivity contribution is -0.136. The minimum Gasteiger partial charge on any atom is -0.415 e. The first-order valence-electron chi connectivity index (χ1n) is 9.40. The molecule has 3 rings (SSSR count). The molecule has 1 aromatic carbocycles. The maximum absolute atomic E-state index is 13.8. The van der Waals surface area contributed by atoms with Crippen LogP contribution in [0.1, 0.15) is 23.9 Å². The first kappa shape index (κ1) is 26.3. The minimum absolute atomic E-state index is 0.0224. The SMILES string of the molecule is CS(=O)(=O)N(C[C@H](Nc1ncc(-c2nnc(C(F)F)o2)cn1)c1ccc(F)c(F)c1)CC(F)(F)F. The average Bonchev–Trinajstić information content (AvgIpc) is 3.24. The summed E-state index contributed by atoms with van der Waals surface area (Å²) in [7, 11) is -4.38. The average molecular weight is 528 g/mol. The molecule has 2 heterocycles. The molecule has 0 aliphatic rings. The number of anilines is 1. The van der Waals surface area contributed by atoms with Gasteiger partial charge < -0.3 is 9.73 Å². The van der Waals surface area contributed by atoms with Crippen molar-refractivity contribution in [3.05, 3.63) is 53.7 Å². The normalized spacial score (nSPS) is 13.4. The Kier molecular flexibility index (Phi) is 7.59. The molecular weight excluding hydrogens is 513 g/mol. The number of hydrogen-bond donors (Lipinski definition) is 1. The summed E-state index contributed by atoms with van der Waals surface area (Å²) in [5, 5.41) is 9.12. The molecule has 0 spiro atoms. The van der Waals surface area contributed by atoms with Gasteiger partial charge in [0.15, 0.2) is 11.6 Å². The summed E-state index contributed by atoms with van der Waals surface area (Å²) in [6, 6.07) is 1.08. The van der Waals surface area contributed by atoms with E-state index in [0.29, 0.717) is 18.4 Å². The van der Waals surface area contributed by atoms with Gasteiger partial charge in [-0.1, -0.05) is 6.07 Å². The Morgan fingerprint density at radius 2 is 1.74 bits per heavy atom. The van der Waals surface area contributed by atoms with Gasteiger partial charge in [0.25, 0.3) is 11.8 Å². The standard InChI is InChI=1S/C18H15F7N6O3S/c1-35(32,33)31(8-18(23,24)25)7-13(9-2-3-11(19)12(20)4-9)28-17-26-5-10(6-27-17)15-29-30-16(34-15)14(21)22/h2-6,13-14H,7-8H2,1H3,(H,26,27,28)/t13-/m0/s1. The van der Waals surface area contributed by atoms with Gasteiger partial charge in [-0.15, -0.1) is 10.2 Å². The van der Waals surface area contributed by atoms with Crippen LogP contribution in [0.3, 0.4) is 0 Å². The molecule has 17 heteroatoms. The molecule has 35 heavy (non-hydrogen) atoms. The molecular formula is C18H15F7N6O3S. The highest BCUT2D eigenvalue weighted by molar-refractivity contribution is 7.88. The fourth-order valence-electron chi connectivity index (χ4n) is 2.79. The van der Waals surface area contributed by atoms with Crippen LogP contribution in [0.4, 0.5) is 36.7 Å². The zero-order valence-electron chi connectivity index (χ0n) is 17.5. The molecule has 0 fully saturated rings. The lowest BCUT2D eigenvalue weighted by atomic mass is 10.1. The van der Waals surface area contributed by atoms with Crippen molar-refractivity contribution in [3.8, 4) is 11.5 Å². The minimum atomic E-state index is -4.89. The van der Waals surface area contributed by atoms with Gasteiger partial charge in [-0.2, -0.15) is 26.3 Å². The summed E-state index contributed by atoms with van der Waals surface area (Å²) in [6.45, 7) is -2.69. The number of benzene rings is 1. The van der Waals surface area contributed by atoms with E-state index in [1.807, 2.05) is 0 Å². The van der Waals surface area contributed by atoms with E-state index in [0.717, 1.165) is 18.5 Å². The number of hydrogen-bond acceptors (Lipinski definition) is 8. The third kappa shape index (κ3) is 7.08. The highest BCUT2D eigenvalue weighted by Crippen LogP contribution is 2.26. The summed E-state index contributed by atoms with van der Waals surface area (Å²) >= 11 is 0. The molecule has 0 saturated heterocycles. The number of nitrogens with one attached hydrogen (secondary N) is 1. The number of rotatable bonds is 9. The number of nitrogens with zero attached hydrogens (tertiary/aromatic N) is 5. The molecule has 1 atom stereocenters. The maximum Gasteiger partial charge on any atom is 0.402 e. The third-order valence-electron chi connectivity index (χ3n) is 4.39. The van der Waals surface area contributed by atoms with Crippen molar-refractivity contribution in [3.63, 3.8) is 0 Å². The number of alkyl halides is 5. The molecule has 0 saturated carbocycles. The molecule has 2 aromatic heterocycles. The molecule has 9 nitrogen and oxygen atoms in total. The van der Waals surface area contributed by atoms with Crippen molar-refractivity contribution < 1.29 is 43.6 Å². The molecule has 1 N–H and O–H groups in total. The summed E-state index contributed by atoms with van der Waals surface area (Å²) in [4.78, 5) is 7.73. The Hall–Kier alpha value is -3.34. The van der Waals surface area contributed by atoms with Crippen LogP contribution >= 0.6 is 0 Å². The van der Waals surface area contributed by atoms with Crippen molar-refractivity contribution in [2.45, 2.75) is 18.6 Å². The van der Waals surface area contributed by atoms with E-state index >= 15 is 0 Å². The van der Waals surface area contributed by atoms with E-state index < -0.39 is 59.3 Å². The van der Waals surface area contributed by atoms with E-state index in [1.54, 1.807) is 0 Å². The Bertz CT molecular complexity index is 1270. The van der Waals surface area contributed by atoms with Crippen LogP contribution in [0.5, 0.6) is 0 Å². The predicted octanol–water partition coefficient (Wildman–Crippen LogP) is 3.72. The topological polar surface area (TPSA) is 114 Å². The first-order chi connectivity index (χ1) is 16.2. The second-order valence-corrected chi connectivity index (χ2v) is 9.07. The molecule has 0 aliphatic heterocycles. The van der Waals surface area contributed by atoms with Gasteiger partial charge in [0.2, 0.25) is 16.0 Å². The van der Waals surface area contributed by atoms with E-state index in [9.17, 15) is 39.2 Å². The molecule has 190 valence electrons. The highest BCUT2D eigenvalue weighted by atomic mass is 32.2. The summed E-state index contributed by atoms with van der Waals surface area (Å²) in [5.74, 6) is -4.09. The second-order valence-electron chi connectivity index (χ2n) is 7.08. The molecule has 0 bridgehead atoms. The summed E-state index contributed by atoms with van der Waals surface area (Å²) in [5.41, 5.74) is -0.0833. The van der Waals surface area contributed by atoms with Crippen LogP contribution in [-0.4, -0.2) is 58.4 Å². The van der Waals surface area contributed by atoms with Crippen molar-refractivity contribution in [2.75, 3.05) is 24.7 Å². The zero-order chi connectivity index (χ0) is 26.0. The monoisotopic (exact) mass is 528 g/mol. The molecule has 0 unspecified atom stereocenters. The van der Waals surface area contributed by atoms with Crippen LogP contribution in [0.2, 0.25) is 0 Å². The van der Waals surface area contributed by atoms with Gasteiger partial charge in [0.05, 0.1) is 17.9 Å². The fourth-order valence-corrected chi connectivity index (χ4v) is 3.59. The van der Waals surface area contributed by atoms with Gasteiger partial charge in [-0.3, -0.25) is 0 Å². The van der Waals surface area contributed by atoms with E-state index in [-0.39, 0.29) is 27.3 Å². The Morgan fingerprint density at radius 1 is 1.09 bits per heavy atom. The van der Waals surface area contributed by atoms with E-state index in [4.69, 9.17) is 4.42 Å². The van der Waals surface area contributed by atoms with Crippen molar-refractivity contribution >= 4 is 16.0 Å². The quantitative estimate of drug-likeness (QED) is 0.418. The smallest absolute Gasteiger partial charge is 0.402 e. The van der Waals surface area contributed by atoms with Crippen molar-refractivity contribution in [1.29, 1.82) is 0 Å². The lowest BCUT2D eigenvalue weighted by Gasteiger charge is -2.27. The van der Waals surface area contributed by atoms with Crippen LogP contribution in [0.15, 0.2) is 35.0 Å². The molecule has 0 amide bonds. The zero-order valence-corrected chi connectivity index (χ0v) is 18.3. The Balaban J connectivity index is 1.90. The van der Waals surface area contributed by atoms with Crippen LogP contribution in [-0.2, 0) is 10.0 Å². The second kappa shape index (κ2) is 10.1. The maximum atomic E-state index is 13.8. The first-order valence-corrected chi connectivity index (χ1v) is 11.2. The Labute approximate surface area is 193 Å². The van der Waals surface area contributed by atoms with Gasteiger partial charge in [-0.25, -0.2) is 27.2 Å². The van der Waals surface area contributed by atoms with Crippen molar-refractivity contribution in [2.24, 2.45) is 0 Å². The molecule has 3 aromatic rings. The van der Waals surface area contributed by atoms with Gasteiger partial charge in [-0.05, 0) is 17.7 Å². The van der Waals surface area contributed by atoms with Gasteiger partial charge in [0.1, 0.15) is 6.54 Å². The van der Waals surface area contributed by atoms with Gasteiger partial charge >= 0.3 is 12.6 Å². The number of halogens is 7. The Morgan fingerprint density at radius 3 is 2.26 bits per heavy atom. The van der Waals surface area contributed by atoms with Crippen LogP contribution in [0, 0.1) is 11.6 Å². The number of aromatic nitrogens is 4. The summed E-state index contributed by atoms with van der Waals surface area (Å²) in [6.07, 6.45) is -5.22. The van der Waals surface area contributed by atoms with Crippen LogP contribution in [0.25, 0.3) is 11.5 Å². The van der Waals surface area contributed by atoms with Crippen LogP contribution < -0.4 is 5.32 Å². The molecule has 0 aliphatic carbocycles. The van der Waals surface area contributed by atoms with Gasteiger partial charge in [0, 0.05) is 18.9 Å².